The normalized spacial score (nSPS) is 22.2. The van der Waals surface area contributed by atoms with Crippen LogP contribution in [0.1, 0.15) is 52.4 Å². The van der Waals surface area contributed by atoms with E-state index in [-0.39, 0.29) is 5.41 Å². The molecule has 19 heavy (non-hydrogen) atoms. The highest BCUT2D eigenvalue weighted by atomic mass is 15.1. The second kappa shape index (κ2) is 4.99. The number of hydrogen-bond acceptors (Lipinski definition) is 4. The summed E-state index contributed by atoms with van der Waals surface area (Å²) in [5.74, 6) is 3.60. The third-order valence-electron chi connectivity index (χ3n) is 3.59. The molecule has 0 amide bonds. The maximum Gasteiger partial charge on any atom is 0.138 e. The van der Waals surface area contributed by atoms with Crippen molar-refractivity contribution in [3.63, 3.8) is 0 Å². The lowest BCUT2D eigenvalue weighted by atomic mass is 9.95. The first-order valence-corrected chi connectivity index (χ1v) is 7.22. The lowest BCUT2D eigenvalue weighted by Crippen LogP contribution is -2.20. The number of anilines is 2. The lowest BCUT2D eigenvalue weighted by molar-refractivity contribution is 0.546. The van der Waals surface area contributed by atoms with E-state index in [1.54, 1.807) is 0 Å². The molecule has 1 heterocycles. The first kappa shape index (κ1) is 14.1. The average molecular weight is 262 g/mol. The molecule has 2 unspecified atom stereocenters. The van der Waals surface area contributed by atoms with E-state index < -0.39 is 0 Å². The number of rotatable bonds is 4. The zero-order chi connectivity index (χ0) is 14.2. The molecule has 1 aromatic rings. The van der Waals surface area contributed by atoms with E-state index in [0.29, 0.717) is 6.04 Å². The van der Waals surface area contributed by atoms with Crippen LogP contribution in [0.4, 0.5) is 11.6 Å². The van der Waals surface area contributed by atoms with E-state index in [4.69, 9.17) is 4.98 Å². The molecule has 0 aliphatic heterocycles. The van der Waals surface area contributed by atoms with Crippen molar-refractivity contribution in [2.75, 3.05) is 17.2 Å². The van der Waals surface area contributed by atoms with Gasteiger partial charge in [-0.1, -0.05) is 27.7 Å². The summed E-state index contributed by atoms with van der Waals surface area (Å²) < 4.78 is 0. The van der Waals surface area contributed by atoms with Crippen LogP contribution in [0.2, 0.25) is 0 Å². The SMILES string of the molecule is CCNc1nc(C(C)(C)C)nc(NC2CC2C)c1C. The van der Waals surface area contributed by atoms with Gasteiger partial charge in [-0.3, -0.25) is 0 Å². The van der Waals surface area contributed by atoms with E-state index in [0.717, 1.165) is 35.5 Å². The van der Waals surface area contributed by atoms with E-state index in [2.05, 4.69) is 57.2 Å². The van der Waals surface area contributed by atoms with Crippen molar-refractivity contribution in [3.05, 3.63) is 11.4 Å². The van der Waals surface area contributed by atoms with Gasteiger partial charge in [-0.2, -0.15) is 0 Å². The smallest absolute Gasteiger partial charge is 0.138 e. The van der Waals surface area contributed by atoms with Crippen molar-refractivity contribution < 1.29 is 0 Å². The van der Waals surface area contributed by atoms with Crippen LogP contribution in [-0.4, -0.2) is 22.6 Å². The number of nitrogens with one attached hydrogen (secondary N) is 2. The highest BCUT2D eigenvalue weighted by Crippen LogP contribution is 2.34. The lowest BCUT2D eigenvalue weighted by Gasteiger charge is -2.21. The number of nitrogens with zero attached hydrogens (tertiary/aromatic N) is 2. The fourth-order valence-electron chi connectivity index (χ4n) is 2.03. The van der Waals surface area contributed by atoms with Crippen molar-refractivity contribution in [1.82, 2.24) is 9.97 Å². The average Bonchev–Trinajstić information content (AvgIpc) is 2.98. The molecule has 0 spiro atoms. The summed E-state index contributed by atoms with van der Waals surface area (Å²) in [4.78, 5) is 9.42. The van der Waals surface area contributed by atoms with Crippen molar-refractivity contribution in [3.8, 4) is 0 Å². The van der Waals surface area contributed by atoms with Gasteiger partial charge in [0.25, 0.3) is 0 Å². The third kappa shape index (κ3) is 3.17. The first-order chi connectivity index (χ1) is 8.82. The second-order valence-corrected chi connectivity index (χ2v) is 6.61. The Morgan fingerprint density at radius 1 is 1.21 bits per heavy atom. The molecule has 1 aromatic heterocycles. The van der Waals surface area contributed by atoms with Gasteiger partial charge in [0.15, 0.2) is 0 Å². The van der Waals surface area contributed by atoms with Crippen molar-refractivity contribution in [1.29, 1.82) is 0 Å². The van der Waals surface area contributed by atoms with Gasteiger partial charge in [0.2, 0.25) is 0 Å². The molecule has 0 aromatic carbocycles. The molecule has 0 saturated heterocycles. The summed E-state index contributed by atoms with van der Waals surface area (Å²) in [6, 6.07) is 0.580. The third-order valence-corrected chi connectivity index (χ3v) is 3.59. The fraction of sp³-hybridized carbons (Fsp3) is 0.733. The van der Waals surface area contributed by atoms with Gasteiger partial charge in [-0.05, 0) is 26.2 Å². The Morgan fingerprint density at radius 3 is 2.26 bits per heavy atom. The molecular weight excluding hydrogens is 236 g/mol. The minimum Gasteiger partial charge on any atom is -0.370 e. The molecule has 1 aliphatic rings. The summed E-state index contributed by atoms with van der Waals surface area (Å²) >= 11 is 0. The molecule has 4 nitrogen and oxygen atoms in total. The molecule has 2 rings (SSSR count). The fourth-order valence-corrected chi connectivity index (χ4v) is 2.03. The molecule has 2 N–H and O–H groups in total. The van der Waals surface area contributed by atoms with Gasteiger partial charge >= 0.3 is 0 Å². The molecule has 106 valence electrons. The van der Waals surface area contributed by atoms with Crippen LogP contribution in [0.25, 0.3) is 0 Å². The van der Waals surface area contributed by atoms with Gasteiger partial charge in [0, 0.05) is 23.6 Å². The Morgan fingerprint density at radius 2 is 1.79 bits per heavy atom. The van der Waals surface area contributed by atoms with Crippen LogP contribution in [0.3, 0.4) is 0 Å². The topological polar surface area (TPSA) is 49.8 Å². The van der Waals surface area contributed by atoms with Gasteiger partial charge in [0.05, 0.1) is 0 Å². The summed E-state index contributed by atoms with van der Waals surface area (Å²) in [5.41, 5.74) is 1.08. The highest BCUT2D eigenvalue weighted by molar-refractivity contribution is 5.58. The van der Waals surface area contributed by atoms with E-state index >= 15 is 0 Å². The van der Waals surface area contributed by atoms with E-state index in [1.165, 1.54) is 6.42 Å². The van der Waals surface area contributed by atoms with Crippen LogP contribution in [0.5, 0.6) is 0 Å². The first-order valence-electron chi connectivity index (χ1n) is 7.22. The van der Waals surface area contributed by atoms with E-state index in [9.17, 15) is 0 Å². The Hall–Kier alpha value is -1.32. The van der Waals surface area contributed by atoms with Crippen LogP contribution >= 0.6 is 0 Å². The summed E-state index contributed by atoms with van der Waals surface area (Å²) in [5, 5.41) is 6.90. The minimum atomic E-state index is -0.0382. The largest absolute Gasteiger partial charge is 0.370 e. The number of hydrogen-bond donors (Lipinski definition) is 2. The van der Waals surface area contributed by atoms with Crippen molar-refractivity contribution in [2.45, 2.75) is 59.4 Å². The van der Waals surface area contributed by atoms with Crippen LogP contribution in [0, 0.1) is 12.8 Å². The van der Waals surface area contributed by atoms with E-state index in [1.807, 2.05) is 0 Å². The van der Waals surface area contributed by atoms with Crippen molar-refractivity contribution in [2.24, 2.45) is 5.92 Å². The summed E-state index contributed by atoms with van der Waals surface area (Å²) in [7, 11) is 0. The molecule has 1 aliphatic carbocycles. The number of aromatic nitrogens is 2. The highest BCUT2D eigenvalue weighted by Gasteiger charge is 2.33. The Bertz CT molecular complexity index is 462. The maximum absolute atomic E-state index is 4.74. The van der Waals surface area contributed by atoms with Crippen LogP contribution in [-0.2, 0) is 5.41 Å². The monoisotopic (exact) mass is 262 g/mol. The molecule has 1 fully saturated rings. The van der Waals surface area contributed by atoms with Crippen molar-refractivity contribution >= 4 is 11.6 Å². The standard InChI is InChI=1S/C15H26N4/c1-7-16-12-10(3)13(17-11-8-9(11)2)19-14(18-12)15(4,5)6/h9,11H,7-8H2,1-6H3,(H2,16,17,18,19). The Labute approximate surface area is 116 Å². The molecule has 2 atom stereocenters. The second-order valence-electron chi connectivity index (χ2n) is 6.61. The molecule has 0 radical (unpaired) electrons. The minimum absolute atomic E-state index is 0.0382. The molecular formula is C15H26N4. The maximum atomic E-state index is 4.74. The van der Waals surface area contributed by atoms with Crippen LogP contribution < -0.4 is 10.6 Å². The molecule has 0 bridgehead atoms. The van der Waals surface area contributed by atoms with Gasteiger partial charge in [-0.25, -0.2) is 9.97 Å². The zero-order valence-corrected chi connectivity index (χ0v) is 13.0. The quantitative estimate of drug-likeness (QED) is 0.874. The Balaban J connectivity index is 2.36. The van der Waals surface area contributed by atoms with Gasteiger partial charge < -0.3 is 10.6 Å². The summed E-state index contributed by atoms with van der Waals surface area (Å²) in [6.45, 7) is 13.8. The summed E-state index contributed by atoms with van der Waals surface area (Å²) in [6.07, 6.45) is 1.24. The predicted octanol–water partition coefficient (Wildman–Crippen LogP) is 3.33. The zero-order valence-electron chi connectivity index (χ0n) is 13.0. The Kier molecular flexibility index (Phi) is 3.70. The van der Waals surface area contributed by atoms with Gasteiger partial charge in [0.1, 0.15) is 17.5 Å². The molecule has 4 heteroatoms. The predicted molar refractivity (Wildman–Crippen MR) is 80.8 cm³/mol. The van der Waals surface area contributed by atoms with Crippen LogP contribution in [0.15, 0.2) is 0 Å². The molecule has 1 saturated carbocycles. The van der Waals surface area contributed by atoms with Gasteiger partial charge in [-0.15, -0.1) is 0 Å².